The molecule has 0 heterocycles. The molecule has 0 saturated carbocycles. The molecule has 0 saturated heterocycles. The van der Waals surface area contributed by atoms with E-state index < -0.39 is 0 Å². The highest BCUT2D eigenvalue weighted by Gasteiger charge is 2.26. The van der Waals surface area contributed by atoms with Gasteiger partial charge in [0, 0.05) is 31.6 Å². The molecule has 3 aromatic carbocycles. The molecular weight excluding hydrogens is 1020 g/mol. The molecule has 6 nitrogen and oxygen atoms in total. The first-order chi connectivity index (χ1) is 39.0. The summed E-state index contributed by atoms with van der Waals surface area (Å²) in [5.41, 5.74) is 16.1. The molecule has 0 unspecified atom stereocenters. The Labute approximate surface area is 523 Å². The third-order valence-electron chi connectivity index (χ3n) is 16.0. The Morgan fingerprint density at radius 3 is 1.08 bits per heavy atom. The Balaban J connectivity index is 0. The Morgan fingerprint density at radius 1 is 0.410 bits per heavy atom. The monoisotopic (exact) mass is 1160 g/mol. The zero-order valence-electron chi connectivity index (χ0n) is 59.7. The maximum Gasteiger partial charge on any atom is 0.251 e. The lowest BCUT2D eigenvalue weighted by atomic mass is 9.90. The van der Waals surface area contributed by atoms with E-state index in [2.05, 4.69) is 242 Å². The summed E-state index contributed by atoms with van der Waals surface area (Å²) >= 11 is -0.139. The molecule has 0 spiro atoms. The second-order valence-corrected chi connectivity index (χ2v) is 31.1. The van der Waals surface area contributed by atoms with E-state index in [0.717, 1.165) is 36.7 Å². The van der Waals surface area contributed by atoms with Crippen LogP contribution in [0.3, 0.4) is 0 Å². The van der Waals surface area contributed by atoms with Crippen LogP contribution in [0.15, 0.2) is 74.6 Å². The first-order valence-corrected chi connectivity index (χ1v) is 37.5. The van der Waals surface area contributed by atoms with Crippen LogP contribution >= 0.6 is 0 Å². The zero-order valence-corrected chi connectivity index (χ0v) is 60.8. The average molecular weight is 1160 g/mol. The van der Waals surface area contributed by atoms with E-state index in [1.54, 1.807) is 0 Å². The van der Waals surface area contributed by atoms with Gasteiger partial charge in [-0.3, -0.25) is 20.0 Å². The van der Waals surface area contributed by atoms with Crippen LogP contribution < -0.4 is 10.6 Å². The third-order valence-corrected chi connectivity index (χ3v) is 16.0. The van der Waals surface area contributed by atoms with E-state index in [4.69, 9.17) is 20.0 Å². The fraction of sp³-hybridized carbons (Fsp3) is 0.711. The first-order valence-electron chi connectivity index (χ1n) is 34.1. The maximum atomic E-state index is 5.17. The topological polar surface area (TPSA) is 73.5 Å². The summed E-state index contributed by atoms with van der Waals surface area (Å²) in [5, 5.41) is 7.59. The Bertz CT molecular complexity index is 2230. The number of para-hydroxylation sites is 3. The van der Waals surface area contributed by atoms with Crippen LogP contribution in [-0.4, -0.2) is 67.7 Å². The molecule has 474 valence electrons. The number of benzene rings is 3. The Morgan fingerprint density at radius 2 is 0.723 bits per heavy atom. The third kappa shape index (κ3) is 32.8. The number of nitrogens with zero attached hydrogens (tertiary/aromatic N) is 4. The van der Waals surface area contributed by atoms with E-state index in [1.807, 2.05) is 0 Å². The van der Waals surface area contributed by atoms with Crippen LogP contribution in [0.25, 0.3) is 0 Å². The first kappa shape index (κ1) is 79.6. The van der Waals surface area contributed by atoms with E-state index in [0.29, 0.717) is 35.5 Å². The molecular formula is C76H137AlN6. The Hall–Kier alpha value is -3.37. The highest BCUT2D eigenvalue weighted by atomic mass is 27.2. The summed E-state index contributed by atoms with van der Waals surface area (Å²) in [6, 6.07) is 20.0. The van der Waals surface area contributed by atoms with E-state index in [1.165, 1.54) is 165 Å². The molecule has 0 aliphatic rings. The minimum Gasteiger partial charge on any atom is -0.374 e. The van der Waals surface area contributed by atoms with Gasteiger partial charge in [-0.25, -0.2) is 0 Å². The molecule has 0 amide bonds. The van der Waals surface area contributed by atoms with Crippen LogP contribution in [0.2, 0.25) is 17.4 Å². The summed E-state index contributed by atoms with van der Waals surface area (Å²) in [6.07, 6.45) is 22.4. The Kier molecular flexibility index (Phi) is 42.3. The number of nitrogens with one attached hydrogen (secondary N) is 2. The van der Waals surface area contributed by atoms with Gasteiger partial charge in [0.1, 0.15) is 0 Å². The molecule has 3 aromatic rings. The molecule has 0 atom stereocenters. The maximum absolute atomic E-state index is 5.17. The minimum atomic E-state index is -0.142. The number of anilines is 1. The van der Waals surface area contributed by atoms with Crippen molar-refractivity contribution in [3.05, 3.63) is 88.0 Å². The standard InChI is InChI=1S/2C25H44N2.C23H38N2.3CH3.Al.H2/c1-9-10-11-12-13-14-18-26-25(7,8)21(6)27-24-22(19(2)3)16-15-17-23(24)20(4)5;1-9-10-11-12-13-14-18-26-21(6)25(7,8)27-24-22(19(2)3)16-15-17-23(24)20(4)5;1-8-9-10-11-12-16-24-19(6)20(7)25-23-21(17(2)3)14-13-15-22(23)18(4)5;;;;;/h15-17,19-20,26H,9-14,18H2,1-8H3;15-17,19-20,27H,9-14,18H2,1-8H3;13-15,17-18H,8-12,16H2,1-7H3;3*1H3;;1H. The van der Waals surface area contributed by atoms with Gasteiger partial charge in [-0.2, -0.15) is 0 Å². The van der Waals surface area contributed by atoms with E-state index >= 15 is 0 Å². The van der Waals surface area contributed by atoms with Gasteiger partial charge in [0.25, 0.3) is 14.1 Å². The molecule has 0 aromatic heterocycles. The molecule has 3 rings (SSSR count). The van der Waals surface area contributed by atoms with Crippen molar-refractivity contribution in [3.8, 4) is 0 Å². The van der Waals surface area contributed by atoms with Gasteiger partial charge in [0.05, 0.1) is 33.9 Å². The average Bonchev–Trinajstić information content (AvgIpc) is 3.63. The summed E-state index contributed by atoms with van der Waals surface area (Å²) in [5.74, 6) is 9.83. The summed E-state index contributed by atoms with van der Waals surface area (Å²) in [7, 11) is 0. The van der Waals surface area contributed by atoms with Crippen molar-refractivity contribution >= 4 is 54.1 Å². The molecule has 2 N–H and O–H groups in total. The molecule has 0 fully saturated rings. The lowest BCUT2D eigenvalue weighted by Crippen LogP contribution is -2.46. The number of hydrogen-bond acceptors (Lipinski definition) is 6. The van der Waals surface area contributed by atoms with Crippen molar-refractivity contribution < 1.29 is 1.43 Å². The number of aliphatic imine (C=N–C) groups is 4. The number of rotatable bonds is 34. The summed E-state index contributed by atoms with van der Waals surface area (Å²) < 4.78 is 0. The second kappa shape index (κ2) is 44.1. The van der Waals surface area contributed by atoms with Crippen LogP contribution in [0, 0.1) is 0 Å². The zero-order chi connectivity index (χ0) is 63.3. The van der Waals surface area contributed by atoms with Crippen molar-refractivity contribution in [1.29, 1.82) is 0 Å². The van der Waals surface area contributed by atoms with Crippen molar-refractivity contribution in [3.63, 3.8) is 0 Å². The highest BCUT2D eigenvalue weighted by Crippen LogP contribution is 2.38. The number of unbranched alkanes of at least 4 members (excludes halogenated alkanes) is 14. The SMILES string of the molecule is CCCCCCCCN=C(C)C(C)(C)Nc1c(C(C)C)cccc1C(C)C.CCCCCCCCNC(C)(C)C(C)=Nc1c(C(C)C)cccc1C(C)C.CCCCCCCN=C(C)C(C)=Nc1c(C(C)C)cccc1C(C)C.[CH3][Al]([CH3])[CH3].[HH]. The quantitative estimate of drug-likeness (QED) is 0.0355. The van der Waals surface area contributed by atoms with Gasteiger partial charge in [0.2, 0.25) is 0 Å². The van der Waals surface area contributed by atoms with Crippen molar-refractivity contribution in [2.24, 2.45) is 20.0 Å². The molecule has 0 aliphatic heterocycles. The molecule has 7 heteroatoms. The summed E-state index contributed by atoms with van der Waals surface area (Å²) in [6.45, 7) is 54.4. The molecule has 0 radical (unpaired) electrons. The van der Waals surface area contributed by atoms with Crippen LogP contribution in [0.1, 0.15) is 339 Å². The van der Waals surface area contributed by atoms with E-state index in [9.17, 15) is 0 Å². The van der Waals surface area contributed by atoms with Gasteiger partial charge in [-0.1, -0.05) is 248 Å². The van der Waals surface area contributed by atoms with Crippen molar-refractivity contribution in [1.82, 2.24) is 5.32 Å². The van der Waals surface area contributed by atoms with Crippen molar-refractivity contribution in [2.75, 3.05) is 25.0 Å². The second-order valence-electron chi connectivity index (χ2n) is 27.6. The van der Waals surface area contributed by atoms with Gasteiger partial charge < -0.3 is 10.6 Å². The van der Waals surface area contributed by atoms with Gasteiger partial charge in [-0.05, 0) is 150 Å². The lowest BCUT2D eigenvalue weighted by molar-refractivity contribution is 0.480. The predicted octanol–water partition coefficient (Wildman–Crippen LogP) is 24.8. The van der Waals surface area contributed by atoms with Crippen LogP contribution in [0.5, 0.6) is 0 Å². The minimum absolute atomic E-state index is 0. The smallest absolute Gasteiger partial charge is 0.251 e. The summed E-state index contributed by atoms with van der Waals surface area (Å²) in [4.78, 5) is 19.8. The predicted molar refractivity (Wildman–Crippen MR) is 386 cm³/mol. The molecule has 0 aliphatic carbocycles. The number of hydrogen-bond donors (Lipinski definition) is 2. The highest BCUT2D eigenvalue weighted by molar-refractivity contribution is 6.54. The largest absolute Gasteiger partial charge is 0.374 e. The fourth-order valence-electron chi connectivity index (χ4n) is 9.78. The fourth-order valence-corrected chi connectivity index (χ4v) is 9.78. The van der Waals surface area contributed by atoms with E-state index in [-0.39, 0.29) is 26.7 Å². The molecule has 0 bridgehead atoms. The van der Waals surface area contributed by atoms with Gasteiger partial charge >= 0.3 is 0 Å². The lowest BCUT2D eigenvalue weighted by Gasteiger charge is -2.32. The van der Waals surface area contributed by atoms with Crippen LogP contribution in [0.4, 0.5) is 17.1 Å². The normalized spacial score (nSPS) is 12.7. The van der Waals surface area contributed by atoms with Crippen LogP contribution in [-0.2, 0) is 0 Å². The van der Waals surface area contributed by atoms with Gasteiger partial charge in [-0.15, -0.1) is 17.4 Å². The van der Waals surface area contributed by atoms with Crippen molar-refractivity contribution in [2.45, 2.75) is 332 Å². The molecule has 83 heavy (non-hydrogen) atoms. The van der Waals surface area contributed by atoms with Gasteiger partial charge in [0.15, 0.2) is 0 Å².